The summed E-state index contributed by atoms with van der Waals surface area (Å²) in [6.45, 7) is 1.27. The second kappa shape index (κ2) is 6.62. The van der Waals surface area contributed by atoms with E-state index in [1.54, 1.807) is 11.1 Å². The molecule has 1 aromatic carbocycles. The number of nitrogens with one attached hydrogen (secondary N) is 2. The van der Waals surface area contributed by atoms with E-state index in [4.69, 9.17) is 4.74 Å². The molecule has 2 amide bonds. The lowest BCUT2D eigenvalue weighted by molar-refractivity contribution is 0.00317. The molecule has 4 heterocycles. The molecular formula is C20H20F2N4O3. The monoisotopic (exact) mass is 402 g/mol. The molecule has 0 unspecified atom stereocenters. The molecule has 0 aliphatic carbocycles. The van der Waals surface area contributed by atoms with Crippen LogP contribution in [0.25, 0.3) is 0 Å². The predicted octanol–water partition coefficient (Wildman–Crippen LogP) is 1.74. The Kier molecular flexibility index (Phi) is 4.16. The fraction of sp³-hybridized carbons (Fsp3) is 0.450. The van der Waals surface area contributed by atoms with Crippen LogP contribution in [0.5, 0.6) is 0 Å². The Morgan fingerprint density at radius 1 is 1.34 bits per heavy atom. The molecule has 9 heteroatoms. The summed E-state index contributed by atoms with van der Waals surface area (Å²) >= 11 is 0. The van der Waals surface area contributed by atoms with Crippen molar-refractivity contribution in [3.63, 3.8) is 0 Å². The molecular weight excluding hydrogens is 382 g/mol. The summed E-state index contributed by atoms with van der Waals surface area (Å²) < 4.78 is 34.0. The van der Waals surface area contributed by atoms with E-state index in [1.165, 1.54) is 12.3 Å². The number of fused-ring (bicyclic) bond motifs is 1. The first kappa shape index (κ1) is 18.2. The number of rotatable bonds is 4. The van der Waals surface area contributed by atoms with Crippen molar-refractivity contribution in [3.05, 3.63) is 53.4 Å². The van der Waals surface area contributed by atoms with Crippen molar-refractivity contribution in [2.45, 2.75) is 24.5 Å². The van der Waals surface area contributed by atoms with Gasteiger partial charge in [0.15, 0.2) is 0 Å². The Morgan fingerprint density at radius 3 is 2.86 bits per heavy atom. The van der Waals surface area contributed by atoms with Crippen molar-refractivity contribution in [1.82, 2.24) is 20.4 Å². The van der Waals surface area contributed by atoms with Crippen LogP contribution in [0, 0.1) is 23.5 Å². The summed E-state index contributed by atoms with van der Waals surface area (Å²) in [6.07, 6.45) is 4.75. The fourth-order valence-electron chi connectivity index (χ4n) is 5.18. The van der Waals surface area contributed by atoms with E-state index in [1.807, 2.05) is 0 Å². The van der Waals surface area contributed by atoms with Gasteiger partial charge >= 0.3 is 0 Å². The second-order valence-corrected chi connectivity index (χ2v) is 8.01. The molecule has 7 nitrogen and oxygen atoms in total. The van der Waals surface area contributed by atoms with Crippen molar-refractivity contribution in [2.24, 2.45) is 11.8 Å². The molecule has 2 aromatic rings. The molecule has 3 aliphatic heterocycles. The van der Waals surface area contributed by atoms with E-state index in [-0.39, 0.29) is 30.4 Å². The van der Waals surface area contributed by atoms with Crippen LogP contribution in [0.4, 0.5) is 8.78 Å². The Bertz CT molecular complexity index is 946. The lowest BCUT2D eigenvalue weighted by Crippen LogP contribution is -2.42. The van der Waals surface area contributed by atoms with Crippen LogP contribution >= 0.6 is 0 Å². The van der Waals surface area contributed by atoms with Gasteiger partial charge in [-0.15, -0.1) is 0 Å². The summed E-state index contributed by atoms with van der Waals surface area (Å²) in [5.41, 5.74) is -0.479. The van der Waals surface area contributed by atoms with E-state index in [0.717, 1.165) is 25.0 Å². The average Bonchev–Trinajstić information content (AvgIpc) is 3.46. The van der Waals surface area contributed by atoms with E-state index >= 15 is 0 Å². The van der Waals surface area contributed by atoms with Crippen molar-refractivity contribution in [2.75, 3.05) is 19.6 Å². The van der Waals surface area contributed by atoms with Gasteiger partial charge in [0, 0.05) is 31.1 Å². The molecule has 152 valence electrons. The van der Waals surface area contributed by atoms with Crippen LogP contribution in [0.1, 0.15) is 33.6 Å². The van der Waals surface area contributed by atoms with Gasteiger partial charge in [0.1, 0.15) is 17.2 Å². The molecule has 2 bridgehead atoms. The minimum Gasteiger partial charge on any atom is -0.369 e. The molecule has 3 saturated heterocycles. The van der Waals surface area contributed by atoms with Gasteiger partial charge in [-0.3, -0.25) is 14.7 Å². The number of aromatic nitrogens is 2. The Balaban J connectivity index is 1.30. The van der Waals surface area contributed by atoms with Crippen molar-refractivity contribution >= 4 is 11.8 Å². The summed E-state index contributed by atoms with van der Waals surface area (Å²) in [5.74, 6) is -2.60. The van der Waals surface area contributed by atoms with Gasteiger partial charge in [-0.05, 0) is 25.0 Å². The van der Waals surface area contributed by atoms with Gasteiger partial charge < -0.3 is 15.0 Å². The van der Waals surface area contributed by atoms with Gasteiger partial charge in [-0.25, -0.2) is 8.78 Å². The van der Waals surface area contributed by atoms with Crippen LogP contribution in [-0.2, 0) is 4.74 Å². The zero-order chi connectivity index (χ0) is 20.2. The SMILES string of the molecule is O=C(NC[C@H]1[C@H]2CN(C(=O)c3cn[nH]c3)C[C@]23CC[C@H]1O3)c1c(F)cccc1F. The molecule has 3 fully saturated rings. The molecule has 3 aliphatic rings. The number of ether oxygens (including phenoxy) is 1. The summed E-state index contributed by atoms with van der Waals surface area (Å²) in [5, 5.41) is 9.14. The molecule has 4 atom stereocenters. The molecule has 1 spiro atoms. The largest absolute Gasteiger partial charge is 0.369 e. The number of hydrogen-bond donors (Lipinski definition) is 2. The molecule has 1 aromatic heterocycles. The van der Waals surface area contributed by atoms with E-state index in [9.17, 15) is 18.4 Å². The highest BCUT2D eigenvalue weighted by Crippen LogP contribution is 2.54. The zero-order valence-electron chi connectivity index (χ0n) is 15.5. The average molecular weight is 402 g/mol. The molecule has 5 rings (SSSR count). The number of halogens is 2. The summed E-state index contributed by atoms with van der Waals surface area (Å²) in [6, 6.07) is 3.34. The fourth-order valence-corrected chi connectivity index (χ4v) is 5.18. The highest BCUT2D eigenvalue weighted by atomic mass is 19.1. The van der Waals surface area contributed by atoms with Gasteiger partial charge in [0.25, 0.3) is 11.8 Å². The quantitative estimate of drug-likeness (QED) is 0.816. The number of nitrogens with zero attached hydrogens (tertiary/aromatic N) is 2. The molecule has 0 radical (unpaired) electrons. The van der Waals surface area contributed by atoms with Gasteiger partial charge in [0.05, 0.1) is 30.0 Å². The van der Waals surface area contributed by atoms with Crippen molar-refractivity contribution in [3.8, 4) is 0 Å². The number of amides is 2. The van der Waals surface area contributed by atoms with Crippen LogP contribution in [0.15, 0.2) is 30.6 Å². The highest BCUT2D eigenvalue weighted by Gasteiger charge is 2.63. The Hall–Kier alpha value is -2.81. The number of H-pyrrole nitrogens is 1. The lowest BCUT2D eigenvalue weighted by Gasteiger charge is -2.29. The maximum absolute atomic E-state index is 13.9. The number of benzene rings is 1. The van der Waals surface area contributed by atoms with Crippen LogP contribution < -0.4 is 5.32 Å². The van der Waals surface area contributed by atoms with E-state index in [2.05, 4.69) is 15.5 Å². The number of likely N-dealkylation sites (tertiary alicyclic amines) is 1. The standard InChI is InChI=1S/C20H20F2N4O3/c21-14-2-1-3-15(22)17(14)18(27)23-8-12-13-9-26(19(28)11-6-24-25-7-11)10-20(13)5-4-16(12)29-20/h1-3,6-7,12-13,16H,4-5,8-10H2,(H,23,27)(H,24,25)/t12-,13+,16+,20+/m0/s1. The lowest BCUT2D eigenvalue weighted by atomic mass is 9.73. The smallest absolute Gasteiger partial charge is 0.257 e. The molecule has 29 heavy (non-hydrogen) atoms. The third kappa shape index (κ3) is 2.83. The van der Waals surface area contributed by atoms with Gasteiger partial charge in [-0.1, -0.05) is 6.07 Å². The topological polar surface area (TPSA) is 87.3 Å². The molecule has 0 saturated carbocycles. The first-order valence-electron chi connectivity index (χ1n) is 9.66. The van der Waals surface area contributed by atoms with E-state index < -0.39 is 28.7 Å². The third-order valence-electron chi connectivity index (χ3n) is 6.50. The number of carbonyl (C=O) groups excluding carboxylic acids is 2. The summed E-state index contributed by atoms with van der Waals surface area (Å²) in [7, 11) is 0. The second-order valence-electron chi connectivity index (χ2n) is 8.01. The normalized spacial score (nSPS) is 29.9. The van der Waals surface area contributed by atoms with Gasteiger partial charge in [-0.2, -0.15) is 5.10 Å². The van der Waals surface area contributed by atoms with Crippen LogP contribution in [0.2, 0.25) is 0 Å². The van der Waals surface area contributed by atoms with Crippen LogP contribution in [-0.4, -0.2) is 58.3 Å². The third-order valence-corrected chi connectivity index (χ3v) is 6.50. The molecule has 2 N–H and O–H groups in total. The van der Waals surface area contributed by atoms with E-state index in [0.29, 0.717) is 18.7 Å². The van der Waals surface area contributed by atoms with Gasteiger partial charge in [0.2, 0.25) is 0 Å². The minimum atomic E-state index is -0.888. The van der Waals surface area contributed by atoms with Crippen molar-refractivity contribution in [1.29, 1.82) is 0 Å². The Morgan fingerprint density at radius 2 is 2.14 bits per heavy atom. The maximum atomic E-state index is 13.9. The maximum Gasteiger partial charge on any atom is 0.257 e. The first-order chi connectivity index (χ1) is 14.0. The number of hydrogen-bond acceptors (Lipinski definition) is 4. The summed E-state index contributed by atoms with van der Waals surface area (Å²) in [4.78, 5) is 26.8. The number of aromatic amines is 1. The predicted molar refractivity (Wildman–Crippen MR) is 97.0 cm³/mol. The van der Waals surface area contributed by atoms with Crippen molar-refractivity contribution < 1.29 is 23.1 Å². The zero-order valence-corrected chi connectivity index (χ0v) is 15.5. The highest BCUT2D eigenvalue weighted by molar-refractivity contribution is 5.95. The minimum absolute atomic E-state index is 0.00955. The first-order valence-corrected chi connectivity index (χ1v) is 9.66. The number of carbonyl (C=O) groups is 2. The Labute approximate surface area is 165 Å². The van der Waals surface area contributed by atoms with Crippen LogP contribution in [0.3, 0.4) is 0 Å².